The predicted octanol–water partition coefficient (Wildman–Crippen LogP) is 2.04. The van der Waals surface area contributed by atoms with E-state index in [9.17, 15) is 4.39 Å². The SMILES string of the molecule is CC1(c2cccc(F)c2)OCCC1CN. The Kier molecular flexibility index (Phi) is 2.76. The lowest BCUT2D eigenvalue weighted by molar-refractivity contribution is -0.00814. The molecule has 2 N–H and O–H groups in total. The summed E-state index contributed by atoms with van der Waals surface area (Å²) in [5.74, 6) is 0.0549. The monoisotopic (exact) mass is 209 g/mol. The van der Waals surface area contributed by atoms with E-state index in [-0.39, 0.29) is 11.7 Å². The molecule has 0 amide bonds. The fraction of sp³-hybridized carbons (Fsp3) is 0.500. The van der Waals surface area contributed by atoms with Gasteiger partial charge in [-0.3, -0.25) is 0 Å². The number of rotatable bonds is 2. The zero-order valence-electron chi connectivity index (χ0n) is 8.87. The van der Waals surface area contributed by atoms with E-state index in [1.165, 1.54) is 12.1 Å². The lowest BCUT2D eigenvalue weighted by Gasteiger charge is -2.30. The molecule has 2 rings (SSSR count). The highest BCUT2D eigenvalue weighted by molar-refractivity contribution is 5.25. The van der Waals surface area contributed by atoms with E-state index in [1.807, 2.05) is 13.0 Å². The van der Waals surface area contributed by atoms with Crippen molar-refractivity contribution in [3.8, 4) is 0 Å². The molecule has 1 aromatic carbocycles. The van der Waals surface area contributed by atoms with Crippen LogP contribution in [0.15, 0.2) is 24.3 Å². The molecule has 0 spiro atoms. The molecule has 1 aromatic rings. The standard InChI is InChI=1S/C12H16FNO/c1-12(10(8-14)5-6-15-12)9-3-2-4-11(13)7-9/h2-4,7,10H,5-6,8,14H2,1H3. The van der Waals surface area contributed by atoms with Gasteiger partial charge in [0.2, 0.25) is 0 Å². The zero-order chi connectivity index (χ0) is 10.9. The molecule has 0 radical (unpaired) electrons. The van der Waals surface area contributed by atoms with E-state index < -0.39 is 5.60 Å². The number of hydrogen-bond donors (Lipinski definition) is 1. The minimum absolute atomic E-state index is 0.222. The number of ether oxygens (including phenoxy) is 1. The van der Waals surface area contributed by atoms with Crippen molar-refractivity contribution < 1.29 is 9.13 Å². The van der Waals surface area contributed by atoms with E-state index >= 15 is 0 Å². The van der Waals surface area contributed by atoms with E-state index in [1.54, 1.807) is 6.07 Å². The second-order valence-electron chi connectivity index (χ2n) is 4.19. The summed E-state index contributed by atoms with van der Waals surface area (Å²) >= 11 is 0. The van der Waals surface area contributed by atoms with Crippen LogP contribution in [0.25, 0.3) is 0 Å². The highest BCUT2D eigenvalue weighted by Crippen LogP contribution is 2.40. The van der Waals surface area contributed by atoms with Crippen LogP contribution in [0.1, 0.15) is 18.9 Å². The van der Waals surface area contributed by atoms with Gasteiger partial charge in [0.25, 0.3) is 0 Å². The van der Waals surface area contributed by atoms with Crippen LogP contribution in [0.3, 0.4) is 0 Å². The van der Waals surface area contributed by atoms with Crippen molar-refractivity contribution in [2.45, 2.75) is 18.9 Å². The summed E-state index contributed by atoms with van der Waals surface area (Å²) in [6, 6.07) is 6.59. The summed E-state index contributed by atoms with van der Waals surface area (Å²) in [4.78, 5) is 0. The van der Waals surface area contributed by atoms with Gasteiger partial charge in [-0.1, -0.05) is 12.1 Å². The largest absolute Gasteiger partial charge is 0.370 e. The van der Waals surface area contributed by atoms with Crippen LogP contribution in [0, 0.1) is 11.7 Å². The molecular weight excluding hydrogens is 193 g/mol. The quantitative estimate of drug-likeness (QED) is 0.809. The van der Waals surface area contributed by atoms with Gasteiger partial charge in [0.1, 0.15) is 5.82 Å². The van der Waals surface area contributed by atoms with Gasteiger partial charge in [-0.25, -0.2) is 4.39 Å². The smallest absolute Gasteiger partial charge is 0.123 e. The summed E-state index contributed by atoms with van der Waals surface area (Å²) in [5.41, 5.74) is 6.18. The summed E-state index contributed by atoms with van der Waals surface area (Å²) < 4.78 is 18.9. The summed E-state index contributed by atoms with van der Waals surface area (Å²) in [7, 11) is 0. The van der Waals surface area contributed by atoms with Crippen molar-refractivity contribution in [3.63, 3.8) is 0 Å². The lowest BCUT2D eigenvalue weighted by Crippen LogP contribution is -2.33. The molecule has 1 saturated heterocycles. The van der Waals surface area contributed by atoms with Gasteiger partial charge in [-0.05, 0) is 37.6 Å². The minimum atomic E-state index is -0.420. The molecule has 0 aromatic heterocycles. The summed E-state index contributed by atoms with van der Waals surface area (Å²) in [6.07, 6.45) is 0.948. The first kappa shape index (κ1) is 10.6. The van der Waals surface area contributed by atoms with Crippen LogP contribution >= 0.6 is 0 Å². The number of nitrogens with two attached hydrogens (primary N) is 1. The maximum absolute atomic E-state index is 13.1. The highest BCUT2D eigenvalue weighted by Gasteiger charge is 2.40. The number of benzene rings is 1. The molecule has 2 nitrogen and oxygen atoms in total. The zero-order valence-corrected chi connectivity index (χ0v) is 8.87. The van der Waals surface area contributed by atoms with Gasteiger partial charge >= 0.3 is 0 Å². The van der Waals surface area contributed by atoms with Crippen LogP contribution < -0.4 is 5.73 Å². The van der Waals surface area contributed by atoms with Gasteiger partial charge in [0.05, 0.1) is 5.60 Å². The molecule has 15 heavy (non-hydrogen) atoms. The molecule has 2 unspecified atom stereocenters. The Morgan fingerprint density at radius 3 is 3.07 bits per heavy atom. The van der Waals surface area contributed by atoms with E-state index in [0.717, 1.165) is 12.0 Å². The van der Waals surface area contributed by atoms with Crippen molar-refractivity contribution in [1.82, 2.24) is 0 Å². The van der Waals surface area contributed by atoms with E-state index in [4.69, 9.17) is 10.5 Å². The fourth-order valence-corrected chi connectivity index (χ4v) is 2.27. The van der Waals surface area contributed by atoms with Gasteiger partial charge < -0.3 is 10.5 Å². The van der Waals surface area contributed by atoms with Crippen LogP contribution in [0.5, 0.6) is 0 Å². The molecule has 82 valence electrons. The Morgan fingerprint density at radius 2 is 2.40 bits per heavy atom. The van der Waals surface area contributed by atoms with Gasteiger partial charge in [-0.2, -0.15) is 0 Å². The second-order valence-corrected chi connectivity index (χ2v) is 4.19. The van der Waals surface area contributed by atoms with Crippen molar-refractivity contribution in [3.05, 3.63) is 35.6 Å². The van der Waals surface area contributed by atoms with Gasteiger partial charge in [0.15, 0.2) is 0 Å². The second kappa shape index (κ2) is 3.91. The Balaban J connectivity index is 2.36. The molecule has 1 aliphatic rings. The Labute approximate surface area is 89.2 Å². The Bertz CT molecular complexity index is 355. The van der Waals surface area contributed by atoms with E-state index in [2.05, 4.69) is 0 Å². The van der Waals surface area contributed by atoms with E-state index in [0.29, 0.717) is 13.2 Å². The average Bonchev–Trinajstić information content (AvgIpc) is 2.61. The van der Waals surface area contributed by atoms with Crippen molar-refractivity contribution in [2.24, 2.45) is 11.7 Å². The minimum Gasteiger partial charge on any atom is -0.370 e. The first-order chi connectivity index (χ1) is 7.16. The van der Waals surface area contributed by atoms with Crippen LogP contribution in [0.4, 0.5) is 4.39 Å². The molecule has 1 heterocycles. The number of hydrogen-bond acceptors (Lipinski definition) is 2. The van der Waals surface area contributed by atoms with Gasteiger partial charge in [0, 0.05) is 12.5 Å². The summed E-state index contributed by atoms with van der Waals surface area (Å²) in [6.45, 7) is 3.27. The number of halogens is 1. The third-order valence-corrected chi connectivity index (χ3v) is 3.33. The average molecular weight is 209 g/mol. The first-order valence-electron chi connectivity index (χ1n) is 5.27. The first-order valence-corrected chi connectivity index (χ1v) is 5.27. The lowest BCUT2D eigenvalue weighted by atomic mass is 9.83. The third-order valence-electron chi connectivity index (χ3n) is 3.33. The van der Waals surface area contributed by atoms with Gasteiger partial charge in [-0.15, -0.1) is 0 Å². The van der Waals surface area contributed by atoms with Crippen LogP contribution in [-0.2, 0) is 10.3 Å². The van der Waals surface area contributed by atoms with Crippen LogP contribution in [0.2, 0.25) is 0 Å². The molecule has 0 bridgehead atoms. The third kappa shape index (κ3) is 1.77. The molecule has 1 aliphatic heterocycles. The van der Waals surface area contributed by atoms with Crippen LogP contribution in [-0.4, -0.2) is 13.2 Å². The molecule has 0 saturated carbocycles. The van der Waals surface area contributed by atoms with Crippen molar-refractivity contribution in [1.29, 1.82) is 0 Å². The normalized spacial score (nSPS) is 30.7. The molecule has 1 fully saturated rings. The van der Waals surface area contributed by atoms with Crippen molar-refractivity contribution in [2.75, 3.05) is 13.2 Å². The molecular formula is C12H16FNO. The maximum Gasteiger partial charge on any atom is 0.123 e. The molecule has 3 heteroatoms. The fourth-order valence-electron chi connectivity index (χ4n) is 2.27. The molecule has 0 aliphatic carbocycles. The Hall–Kier alpha value is -0.930. The summed E-state index contributed by atoms with van der Waals surface area (Å²) in [5, 5.41) is 0. The Morgan fingerprint density at radius 1 is 1.60 bits per heavy atom. The predicted molar refractivity (Wildman–Crippen MR) is 56.9 cm³/mol. The maximum atomic E-state index is 13.1. The van der Waals surface area contributed by atoms with Crippen molar-refractivity contribution >= 4 is 0 Å². The molecule has 2 atom stereocenters. The topological polar surface area (TPSA) is 35.2 Å². The highest BCUT2D eigenvalue weighted by atomic mass is 19.1.